The first-order valence-electron chi connectivity index (χ1n) is 11.2. The summed E-state index contributed by atoms with van der Waals surface area (Å²) in [6.45, 7) is 2.28. The van der Waals surface area contributed by atoms with Gasteiger partial charge in [0.15, 0.2) is 5.65 Å². The van der Waals surface area contributed by atoms with Crippen LogP contribution in [-0.4, -0.2) is 63.5 Å². The van der Waals surface area contributed by atoms with Crippen LogP contribution in [0.3, 0.4) is 0 Å². The van der Waals surface area contributed by atoms with Gasteiger partial charge in [0.25, 0.3) is 0 Å². The molecule has 2 N–H and O–H groups in total. The molecule has 0 atom stereocenters. The quantitative estimate of drug-likeness (QED) is 0.434. The Morgan fingerprint density at radius 3 is 2.49 bits per heavy atom. The molecule has 1 aliphatic heterocycles. The molecule has 0 radical (unpaired) electrons. The summed E-state index contributed by atoms with van der Waals surface area (Å²) < 4.78 is 34.5. The molecule has 11 heteroatoms. The Kier molecular flexibility index (Phi) is 5.91. The first kappa shape index (κ1) is 23.2. The Labute approximate surface area is 201 Å². The third-order valence-corrected chi connectivity index (χ3v) is 8.08. The van der Waals surface area contributed by atoms with Crippen molar-refractivity contribution in [3.05, 3.63) is 64.7 Å². The van der Waals surface area contributed by atoms with Gasteiger partial charge in [0.05, 0.1) is 29.4 Å². The third kappa shape index (κ3) is 4.11. The van der Waals surface area contributed by atoms with Crippen LogP contribution >= 0.6 is 0 Å². The van der Waals surface area contributed by atoms with E-state index < -0.39 is 21.8 Å². The summed E-state index contributed by atoms with van der Waals surface area (Å²) >= 11 is 0. The van der Waals surface area contributed by atoms with Crippen molar-refractivity contribution >= 4 is 15.7 Å². The number of piperidine rings is 1. The Morgan fingerprint density at radius 1 is 1.09 bits per heavy atom. The second-order valence-electron chi connectivity index (χ2n) is 8.43. The van der Waals surface area contributed by atoms with Gasteiger partial charge in [-0.3, -0.25) is 4.98 Å². The van der Waals surface area contributed by atoms with Crippen LogP contribution in [0.25, 0.3) is 28.4 Å². The predicted octanol–water partition coefficient (Wildman–Crippen LogP) is 2.21. The first-order chi connectivity index (χ1) is 16.8. The molecule has 2 aromatic carbocycles. The molecule has 0 bridgehead atoms. The highest BCUT2D eigenvalue weighted by molar-refractivity contribution is 7.89. The van der Waals surface area contributed by atoms with Gasteiger partial charge in [-0.1, -0.05) is 30.3 Å². The van der Waals surface area contributed by atoms with Crippen LogP contribution in [0.5, 0.6) is 5.75 Å². The lowest BCUT2D eigenvalue weighted by molar-refractivity contribution is 0.113. The minimum absolute atomic E-state index is 0.0739. The van der Waals surface area contributed by atoms with Gasteiger partial charge in [-0.25, -0.2) is 27.6 Å². The van der Waals surface area contributed by atoms with E-state index in [1.807, 2.05) is 30.3 Å². The van der Waals surface area contributed by atoms with Crippen molar-refractivity contribution in [2.45, 2.75) is 30.8 Å². The number of aryl methyl sites for hydroxylation is 1. The first-order valence-corrected chi connectivity index (χ1v) is 12.6. The Hall–Kier alpha value is -3.54. The molecular weight excluding hydrogens is 470 g/mol. The molecule has 4 aromatic rings. The number of nitrogens with zero attached hydrogens (tertiary/aromatic N) is 4. The minimum atomic E-state index is -3.76. The number of nitrogens with one attached hydrogen (secondary N) is 1. The number of hydrogen-bond donors (Lipinski definition) is 2. The average Bonchev–Trinajstić information content (AvgIpc) is 3.21. The maximum atomic E-state index is 13.1. The molecule has 0 unspecified atom stereocenters. The number of sulfonamides is 1. The predicted molar refractivity (Wildman–Crippen MR) is 130 cm³/mol. The number of H-pyrrole nitrogens is 1. The van der Waals surface area contributed by atoms with E-state index in [1.165, 1.54) is 27.9 Å². The molecule has 2 aromatic heterocycles. The average molecular weight is 496 g/mol. The number of benzene rings is 2. The Bertz CT molecular complexity index is 1550. The monoisotopic (exact) mass is 495 g/mol. The van der Waals surface area contributed by atoms with E-state index in [0.29, 0.717) is 35.6 Å². The highest BCUT2D eigenvalue weighted by Gasteiger charge is 2.29. The second kappa shape index (κ2) is 8.91. The molecule has 182 valence electrons. The number of aliphatic hydroxyl groups is 1. The third-order valence-electron chi connectivity index (χ3n) is 6.19. The number of aliphatic hydroxyl groups excluding tert-OH is 1. The molecule has 0 spiro atoms. The van der Waals surface area contributed by atoms with E-state index in [0.717, 1.165) is 5.56 Å². The Morgan fingerprint density at radius 2 is 1.80 bits per heavy atom. The summed E-state index contributed by atoms with van der Waals surface area (Å²) in [4.78, 5) is 25.1. The van der Waals surface area contributed by atoms with Crippen molar-refractivity contribution in [3.63, 3.8) is 0 Å². The molecule has 5 rings (SSSR count). The highest BCUT2D eigenvalue weighted by Crippen LogP contribution is 2.32. The summed E-state index contributed by atoms with van der Waals surface area (Å²) in [5.41, 5.74) is 1.79. The second-order valence-corrected chi connectivity index (χ2v) is 10.4. The van der Waals surface area contributed by atoms with E-state index in [4.69, 9.17) is 4.74 Å². The van der Waals surface area contributed by atoms with Crippen molar-refractivity contribution in [2.75, 3.05) is 20.2 Å². The minimum Gasteiger partial charge on any atom is -0.496 e. The molecular formula is C24H25N5O5S. The molecule has 0 aliphatic carbocycles. The van der Waals surface area contributed by atoms with Gasteiger partial charge in [0.1, 0.15) is 17.4 Å². The number of methoxy groups -OCH3 is 1. The van der Waals surface area contributed by atoms with Gasteiger partial charge in [0.2, 0.25) is 10.0 Å². The number of aromatic amines is 1. The van der Waals surface area contributed by atoms with Gasteiger partial charge in [-0.15, -0.1) is 0 Å². The van der Waals surface area contributed by atoms with E-state index in [-0.39, 0.29) is 29.6 Å². The normalized spacial score (nSPS) is 15.5. The van der Waals surface area contributed by atoms with Crippen LogP contribution in [0, 0.1) is 6.92 Å². The Balaban J connectivity index is 1.57. The molecule has 0 saturated carbocycles. The fourth-order valence-corrected chi connectivity index (χ4v) is 5.79. The summed E-state index contributed by atoms with van der Waals surface area (Å²) in [6, 6.07) is 13.8. The largest absolute Gasteiger partial charge is 0.496 e. The maximum Gasteiger partial charge on any atom is 0.334 e. The van der Waals surface area contributed by atoms with Crippen molar-refractivity contribution in [1.82, 2.24) is 23.7 Å². The van der Waals surface area contributed by atoms with Gasteiger partial charge in [-0.2, -0.15) is 4.31 Å². The van der Waals surface area contributed by atoms with Crippen LogP contribution < -0.4 is 10.4 Å². The van der Waals surface area contributed by atoms with Crippen molar-refractivity contribution in [1.29, 1.82) is 0 Å². The molecule has 1 fully saturated rings. The van der Waals surface area contributed by atoms with Crippen molar-refractivity contribution in [2.24, 2.45) is 0 Å². The molecule has 1 aliphatic rings. The number of ether oxygens (including phenoxy) is 1. The summed E-state index contributed by atoms with van der Waals surface area (Å²) in [6.07, 6.45) is 0.315. The van der Waals surface area contributed by atoms with Crippen molar-refractivity contribution < 1.29 is 18.3 Å². The van der Waals surface area contributed by atoms with E-state index in [2.05, 4.69) is 15.0 Å². The highest BCUT2D eigenvalue weighted by atomic mass is 32.2. The maximum absolute atomic E-state index is 13.1. The van der Waals surface area contributed by atoms with E-state index >= 15 is 0 Å². The molecule has 0 amide bonds. The number of fused-ring (bicyclic) bond motifs is 1. The fourth-order valence-electron chi connectivity index (χ4n) is 4.30. The van der Waals surface area contributed by atoms with Crippen LogP contribution in [-0.2, 0) is 10.0 Å². The number of aromatic nitrogens is 4. The lowest BCUT2D eigenvalue weighted by Gasteiger charge is -2.28. The number of rotatable bonds is 5. The van der Waals surface area contributed by atoms with E-state index in [9.17, 15) is 18.3 Å². The summed E-state index contributed by atoms with van der Waals surface area (Å²) in [7, 11) is -2.33. The number of hydrogen-bond acceptors (Lipinski definition) is 7. The standard InChI is InChI=1S/C24H25N5O5S/c1-15-22-26-21(27-24(31)29(22)23(25-15)16-6-4-3-5-7-16)19-9-8-18(14-20(19)34-2)35(32,33)28-12-10-17(30)11-13-28/h3-9,14,17,30H,10-13H2,1-2H3,(H,26,27,31). The molecule has 35 heavy (non-hydrogen) atoms. The van der Waals surface area contributed by atoms with Gasteiger partial charge in [0, 0.05) is 24.7 Å². The van der Waals surface area contributed by atoms with Crippen LogP contribution in [0.4, 0.5) is 0 Å². The number of imidazole rings is 1. The topological polar surface area (TPSA) is 130 Å². The van der Waals surface area contributed by atoms with Crippen LogP contribution in [0.2, 0.25) is 0 Å². The zero-order valence-corrected chi connectivity index (χ0v) is 20.1. The van der Waals surface area contributed by atoms with Gasteiger partial charge in [-0.05, 0) is 31.9 Å². The van der Waals surface area contributed by atoms with Gasteiger partial charge < -0.3 is 9.84 Å². The van der Waals surface area contributed by atoms with Gasteiger partial charge >= 0.3 is 5.69 Å². The fraction of sp³-hybridized carbons (Fsp3) is 0.292. The summed E-state index contributed by atoms with van der Waals surface area (Å²) in [5, 5.41) is 9.71. The van der Waals surface area contributed by atoms with Crippen molar-refractivity contribution in [3.8, 4) is 28.5 Å². The van der Waals surface area contributed by atoms with Crippen LogP contribution in [0.15, 0.2) is 58.2 Å². The zero-order chi connectivity index (χ0) is 24.7. The molecule has 3 heterocycles. The molecule has 10 nitrogen and oxygen atoms in total. The lowest BCUT2D eigenvalue weighted by atomic mass is 10.1. The molecule has 1 saturated heterocycles. The van der Waals surface area contributed by atoms with E-state index in [1.54, 1.807) is 13.0 Å². The smallest absolute Gasteiger partial charge is 0.334 e. The lowest BCUT2D eigenvalue weighted by Crippen LogP contribution is -2.39. The zero-order valence-electron chi connectivity index (χ0n) is 19.3. The summed E-state index contributed by atoms with van der Waals surface area (Å²) in [5.74, 6) is 0.988. The SMILES string of the molecule is COc1cc(S(=O)(=O)N2CCC(O)CC2)ccc1-c1nc2c(C)nc(-c3ccccc3)n2c(=O)[nH]1. The van der Waals surface area contributed by atoms with Crippen LogP contribution in [0.1, 0.15) is 18.5 Å².